The molecule has 70 valence electrons. The first-order valence-electron chi connectivity index (χ1n) is 3.98. The summed E-state index contributed by atoms with van der Waals surface area (Å²) in [6.07, 6.45) is 2.87. The Labute approximate surface area is 91.5 Å². The van der Waals surface area contributed by atoms with Crippen molar-refractivity contribution in [1.82, 2.24) is 1.33 Å². The van der Waals surface area contributed by atoms with Crippen molar-refractivity contribution >= 4 is 0 Å². The van der Waals surface area contributed by atoms with Gasteiger partial charge < -0.3 is 0 Å². The maximum atomic E-state index is 2.82. The Hall–Kier alpha value is 1.42. The van der Waals surface area contributed by atoms with E-state index in [0.717, 1.165) is 5.92 Å². The second kappa shape index (κ2) is 4.09. The molecule has 3 heteroatoms. The second-order valence-electron chi connectivity index (χ2n) is 3.24. The van der Waals surface area contributed by atoms with E-state index in [1.54, 1.807) is 0 Å². The molecule has 0 saturated heterocycles. The van der Waals surface area contributed by atoms with Gasteiger partial charge in [-0.25, -0.2) is 0 Å². The minimum absolute atomic E-state index is 0.363. The average Bonchev–Trinajstić information content (AvgIpc) is 2.65. The number of hydrogen-bond donors (Lipinski definition) is 0. The van der Waals surface area contributed by atoms with Crippen molar-refractivity contribution in [2.75, 3.05) is 9.86 Å². The van der Waals surface area contributed by atoms with Crippen LogP contribution in [0.4, 0.5) is 0 Å². The van der Waals surface area contributed by atoms with Crippen LogP contribution in [0.5, 0.6) is 0 Å². The Morgan fingerprint density at radius 2 is 2.00 bits per heavy atom. The predicted octanol–water partition coefficient (Wildman–Crippen LogP) is -4.26. The van der Waals surface area contributed by atoms with Gasteiger partial charge in [0.1, 0.15) is 0 Å². The molecule has 0 bridgehead atoms. The molecule has 0 radical (unpaired) electrons. The van der Waals surface area contributed by atoms with Crippen LogP contribution in [0.2, 0.25) is 0 Å². The Morgan fingerprint density at radius 3 is 2.27 bits per heavy atom. The van der Waals surface area contributed by atoms with Gasteiger partial charge in [-0.2, -0.15) is 0 Å². The van der Waals surface area contributed by atoms with Crippen molar-refractivity contribution < 1.29 is 43.0 Å². The third kappa shape index (κ3) is 2.02. The van der Waals surface area contributed by atoms with Crippen LogP contribution in [-0.4, -0.2) is 16.7 Å². The van der Waals surface area contributed by atoms with Crippen LogP contribution in [0.1, 0.15) is 26.7 Å². The second-order valence-corrected chi connectivity index (χ2v) is 8.94. The number of alkyl halides is 2. The molecular formula is C8H17I2N-2. The van der Waals surface area contributed by atoms with Gasteiger partial charge in [-0.05, 0) is 0 Å². The molecule has 2 atom stereocenters. The maximum absolute atomic E-state index is 2.82. The summed E-state index contributed by atoms with van der Waals surface area (Å²) < 4.78 is 2.82. The van der Waals surface area contributed by atoms with Gasteiger partial charge in [-0.15, -0.1) is 0 Å². The Balaban J connectivity index is 2.46. The molecule has 1 aliphatic rings. The fraction of sp³-hybridized carbons (Fsp3) is 1.00. The van der Waals surface area contributed by atoms with Crippen molar-refractivity contribution in [3.8, 4) is 0 Å². The molecule has 1 rings (SSSR count). The molecule has 0 heterocycles. The summed E-state index contributed by atoms with van der Waals surface area (Å²) in [4.78, 5) is 4.80. The molecule has 1 saturated carbocycles. The molecule has 1 nitrogen and oxygen atoms in total. The zero-order valence-corrected chi connectivity index (χ0v) is 12.0. The van der Waals surface area contributed by atoms with Crippen molar-refractivity contribution in [3.63, 3.8) is 0 Å². The fourth-order valence-corrected chi connectivity index (χ4v) is 7.88. The van der Waals surface area contributed by atoms with Gasteiger partial charge in [0.15, 0.2) is 0 Å². The number of hydrogen-bond acceptors (Lipinski definition) is 1. The number of rotatable bonds is 4. The molecular weight excluding hydrogens is 364 g/mol. The molecule has 0 aromatic heterocycles. The van der Waals surface area contributed by atoms with Crippen molar-refractivity contribution in [3.05, 3.63) is 0 Å². The van der Waals surface area contributed by atoms with Crippen LogP contribution in [0.3, 0.4) is 0 Å². The first kappa shape index (κ1) is 10.5. The summed E-state index contributed by atoms with van der Waals surface area (Å²) in [6, 6.07) is 0. The summed E-state index contributed by atoms with van der Waals surface area (Å²) in [6.45, 7) is 4.80. The van der Waals surface area contributed by atoms with E-state index < -0.39 is 0 Å². The van der Waals surface area contributed by atoms with Gasteiger partial charge in [-0.1, -0.05) is 0 Å². The van der Waals surface area contributed by atoms with Crippen molar-refractivity contribution in [2.24, 2.45) is 5.92 Å². The summed E-state index contributed by atoms with van der Waals surface area (Å²) >= 11 is 0.726. The van der Waals surface area contributed by atoms with Crippen LogP contribution >= 0.6 is 0 Å². The molecule has 0 aliphatic heterocycles. The van der Waals surface area contributed by atoms with Crippen LogP contribution in [0, 0.1) is 5.92 Å². The van der Waals surface area contributed by atoms with E-state index in [1.165, 1.54) is 12.8 Å². The van der Waals surface area contributed by atoms with Gasteiger partial charge >= 0.3 is 92.3 Å². The van der Waals surface area contributed by atoms with E-state index in [9.17, 15) is 0 Å². The zero-order chi connectivity index (χ0) is 8.48. The predicted molar refractivity (Wildman–Crippen MR) is 40.5 cm³/mol. The Morgan fingerprint density at radius 1 is 1.45 bits per heavy atom. The van der Waals surface area contributed by atoms with E-state index in [1.807, 2.05) is 0 Å². The molecule has 0 amide bonds. The van der Waals surface area contributed by atoms with Gasteiger partial charge in [0.25, 0.3) is 0 Å². The molecule has 0 aromatic carbocycles. The minimum atomic E-state index is 0.363. The third-order valence-electron chi connectivity index (χ3n) is 2.55. The van der Waals surface area contributed by atoms with Gasteiger partial charge in [0.2, 0.25) is 0 Å². The Bertz CT molecular complexity index is 136. The van der Waals surface area contributed by atoms with E-state index in [2.05, 4.69) is 25.0 Å². The summed E-state index contributed by atoms with van der Waals surface area (Å²) in [5, 5.41) is 0. The monoisotopic (exact) mass is 381 g/mol. The molecule has 0 N–H and O–H groups in total. The molecule has 11 heavy (non-hydrogen) atoms. The molecule has 1 fully saturated rings. The molecule has 0 spiro atoms. The van der Waals surface area contributed by atoms with Crippen LogP contribution in [-0.2, 0) is 0 Å². The standard InChI is InChI=1S/C8H17I2N/c1-5-7-6-8(7,2)11(9-3)10-4/h7H,5-6H2,1-4H3/q-2. The first-order chi connectivity index (χ1) is 5.19. The first-order valence-corrected chi connectivity index (χ1v) is 10.2. The molecule has 2 unspecified atom stereocenters. The Kier molecular flexibility index (Phi) is 3.90. The fourth-order valence-electron chi connectivity index (χ4n) is 1.68. The van der Waals surface area contributed by atoms with Crippen molar-refractivity contribution in [1.29, 1.82) is 0 Å². The zero-order valence-electron chi connectivity index (χ0n) is 7.69. The summed E-state index contributed by atoms with van der Waals surface area (Å²) in [5.41, 5.74) is 0.665. The summed E-state index contributed by atoms with van der Waals surface area (Å²) in [5.74, 6) is 1.03. The molecule has 1 aliphatic carbocycles. The quantitative estimate of drug-likeness (QED) is 0.271. The van der Waals surface area contributed by atoms with Gasteiger partial charge in [-0.3, -0.25) is 0 Å². The van der Waals surface area contributed by atoms with Gasteiger partial charge in [0.05, 0.1) is 0 Å². The van der Waals surface area contributed by atoms with E-state index in [-0.39, 0.29) is 0 Å². The number of nitrogens with zero attached hydrogens (tertiary/aromatic N) is 1. The SMILES string of the molecule is CCC1CC1(C)N([I-]C)[I-]C. The average molecular weight is 381 g/mol. The van der Waals surface area contributed by atoms with E-state index in [0.29, 0.717) is 48.5 Å². The summed E-state index contributed by atoms with van der Waals surface area (Å²) in [7, 11) is 0. The third-order valence-corrected chi connectivity index (χ3v) is 11.3. The van der Waals surface area contributed by atoms with Gasteiger partial charge in [0, 0.05) is 0 Å². The topological polar surface area (TPSA) is 3.24 Å². The normalized spacial score (nSPS) is 37.0. The van der Waals surface area contributed by atoms with Crippen LogP contribution < -0.4 is 43.0 Å². The van der Waals surface area contributed by atoms with Crippen LogP contribution in [0.15, 0.2) is 0 Å². The van der Waals surface area contributed by atoms with E-state index >= 15 is 0 Å². The molecule has 0 aromatic rings. The van der Waals surface area contributed by atoms with E-state index in [4.69, 9.17) is 0 Å². The number of halogens is 2. The van der Waals surface area contributed by atoms with Crippen LogP contribution in [0.25, 0.3) is 0 Å². The van der Waals surface area contributed by atoms with Crippen molar-refractivity contribution in [2.45, 2.75) is 32.2 Å².